The third kappa shape index (κ3) is 4.26. The van der Waals surface area contributed by atoms with Gasteiger partial charge in [-0.3, -0.25) is 15.1 Å². The van der Waals surface area contributed by atoms with E-state index in [-0.39, 0.29) is 16.7 Å². The fourth-order valence-corrected chi connectivity index (χ4v) is 4.78. The van der Waals surface area contributed by atoms with Crippen LogP contribution in [-0.2, 0) is 15.6 Å². The van der Waals surface area contributed by atoms with Crippen molar-refractivity contribution in [3.63, 3.8) is 0 Å². The lowest BCUT2D eigenvalue weighted by molar-refractivity contribution is -0.116. The Hall–Kier alpha value is -2.80. The number of nitrogens with zero attached hydrogens (tertiary/aromatic N) is 3. The Morgan fingerprint density at radius 2 is 1.67 bits per heavy atom. The number of rotatable bonds is 2. The van der Waals surface area contributed by atoms with E-state index in [1.165, 1.54) is 11.8 Å². The highest BCUT2D eigenvalue weighted by Gasteiger charge is 2.36. The highest BCUT2D eigenvalue weighted by molar-refractivity contribution is 8.13. The van der Waals surface area contributed by atoms with Crippen LogP contribution in [0.4, 0.5) is 0 Å². The standard InChI is InChI=1S/C26H32N4O2S/c1-8-33-24-28-23(32)20-16-11-9-10-12-19(16)27-22(30(20)29-24)15-13-17(25(2,3)4)21(31)18(14-15)26(5,6)7/h9-14,22,31H,8H2,1-7H3,(H,28,29,32). The minimum Gasteiger partial charge on any atom is -0.507 e. The quantitative estimate of drug-likeness (QED) is 0.707. The maximum atomic E-state index is 13.2. The molecule has 4 rings (SSSR count). The number of carbonyl (C=O) groups is 1. The highest BCUT2D eigenvalue weighted by Crippen LogP contribution is 2.42. The lowest BCUT2D eigenvalue weighted by Gasteiger charge is -2.35. The number of phenolic OH excluding ortho intramolecular Hbond substituents is 1. The van der Waals surface area contributed by atoms with E-state index < -0.39 is 6.17 Å². The Balaban J connectivity index is 2.02. The summed E-state index contributed by atoms with van der Waals surface area (Å²) >= 11 is 1.49. The summed E-state index contributed by atoms with van der Waals surface area (Å²) in [4.78, 5) is 18.2. The molecule has 0 aliphatic carbocycles. The van der Waals surface area contributed by atoms with Gasteiger partial charge in [-0.2, -0.15) is 0 Å². The van der Waals surface area contributed by atoms with E-state index in [1.54, 1.807) is 5.01 Å². The predicted octanol–water partition coefficient (Wildman–Crippen LogP) is 3.88. The summed E-state index contributed by atoms with van der Waals surface area (Å²) < 4.78 is 0. The average Bonchev–Trinajstić information content (AvgIpc) is 2.71. The summed E-state index contributed by atoms with van der Waals surface area (Å²) in [6, 6.07) is 11.7. The lowest BCUT2D eigenvalue weighted by Crippen LogP contribution is -2.50. The molecule has 0 radical (unpaired) electrons. The van der Waals surface area contributed by atoms with Crippen molar-refractivity contribution >= 4 is 28.5 Å². The molecule has 0 aromatic heterocycles. The van der Waals surface area contributed by atoms with Gasteiger partial charge in [-0.05, 0) is 51.5 Å². The third-order valence-electron chi connectivity index (χ3n) is 5.84. The molecule has 0 fully saturated rings. The number of amides is 1. The fraction of sp³-hybridized carbons (Fsp3) is 0.423. The average molecular weight is 465 g/mol. The third-order valence-corrected chi connectivity index (χ3v) is 6.59. The van der Waals surface area contributed by atoms with Crippen LogP contribution in [0.15, 0.2) is 46.5 Å². The number of para-hydroxylation sites is 1. The second-order valence-corrected chi connectivity index (χ2v) is 11.7. The van der Waals surface area contributed by atoms with Crippen LogP contribution in [0.3, 0.4) is 0 Å². The zero-order valence-corrected chi connectivity index (χ0v) is 21.2. The van der Waals surface area contributed by atoms with Gasteiger partial charge in [0.15, 0.2) is 11.3 Å². The van der Waals surface area contributed by atoms with E-state index in [1.807, 2.05) is 43.3 Å². The van der Waals surface area contributed by atoms with Gasteiger partial charge < -0.3 is 5.11 Å². The Morgan fingerprint density at radius 3 is 2.24 bits per heavy atom. The second kappa shape index (κ2) is 8.20. The van der Waals surface area contributed by atoms with Crippen LogP contribution < -0.4 is 15.9 Å². The van der Waals surface area contributed by atoms with Gasteiger partial charge in [0.2, 0.25) is 0 Å². The van der Waals surface area contributed by atoms with Gasteiger partial charge in [0.25, 0.3) is 5.91 Å². The van der Waals surface area contributed by atoms with Gasteiger partial charge in [-0.1, -0.05) is 78.4 Å². The predicted molar refractivity (Wildman–Crippen MR) is 134 cm³/mol. The molecular weight excluding hydrogens is 432 g/mol. The van der Waals surface area contributed by atoms with Crippen LogP contribution in [0.25, 0.3) is 5.70 Å². The van der Waals surface area contributed by atoms with Gasteiger partial charge in [0.1, 0.15) is 11.4 Å². The van der Waals surface area contributed by atoms with E-state index in [4.69, 9.17) is 10.1 Å². The van der Waals surface area contributed by atoms with Crippen molar-refractivity contribution < 1.29 is 9.90 Å². The number of nitrogens with one attached hydrogen (secondary N) is 1. The van der Waals surface area contributed by atoms with Gasteiger partial charge >= 0.3 is 0 Å². The number of fused-ring (bicyclic) bond motifs is 2. The number of carbonyl (C=O) groups excluding carboxylic acids is 1. The van der Waals surface area contributed by atoms with Crippen LogP contribution in [-0.4, -0.2) is 26.9 Å². The van der Waals surface area contributed by atoms with Crippen molar-refractivity contribution in [1.82, 2.24) is 10.3 Å². The van der Waals surface area contributed by atoms with Crippen molar-refractivity contribution in [3.05, 3.63) is 63.7 Å². The summed E-state index contributed by atoms with van der Waals surface area (Å²) in [5.74, 6) is 0.933. The Labute approximate surface area is 199 Å². The van der Waals surface area contributed by atoms with Crippen LogP contribution in [0.5, 0.6) is 5.75 Å². The topological polar surface area (TPSA) is 77.3 Å². The molecule has 2 aromatic rings. The molecule has 2 aliphatic heterocycles. The maximum Gasteiger partial charge on any atom is 0.276 e. The number of phenols is 1. The van der Waals surface area contributed by atoms with E-state index >= 15 is 0 Å². The molecule has 0 spiro atoms. The zero-order chi connectivity index (χ0) is 24.1. The van der Waals surface area contributed by atoms with E-state index in [2.05, 4.69) is 46.9 Å². The summed E-state index contributed by atoms with van der Waals surface area (Å²) in [6.07, 6.45) is -0.517. The van der Waals surface area contributed by atoms with Gasteiger partial charge in [0, 0.05) is 5.22 Å². The van der Waals surface area contributed by atoms with Crippen molar-refractivity contribution in [2.45, 2.75) is 65.5 Å². The van der Waals surface area contributed by atoms with Crippen molar-refractivity contribution in [2.75, 3.05) is 5.75 Å². The molecule has 7 heteroatoms. The molecule has 1 amide bonds. The van der Waals surface area contributed by atoms with E-state index in [0.29, 0.717) is 16.6 Å². The van der Waals surface area contributed by atoms with Crippen molar-refractivity contribution in [3.8, 4) is 5.75 Å². The molecule has 2 heterocycles. The van der Waals surface area contributed by atoms with Crippen molar-refractivity contribution in [1.29, 1.82) is 0 Å². The van der Waals surface area contributed by atoms with Crippen LogP contribution >= 0.6 is 11.8 Å². The largest absolute Gasteiger partial charge is 0.507 e. The lowest BCUT2D eigenvalue weighted by atomic mass is 9.78. The Bertz CT molecular complexity index is 1230. The number of thioether (sulfide) groups is 1. The minimum absolute atomic E-state index is 0.181. The normalized spacial score (nSPS) is 18.2. The first-order chi connectivity index (χ1) is 15.4. The van der Waals surface area contributed by atoms with E-state index in [9.17, 15) is 9.90 Å². The number of amidine groups is 1. The van der Waals surface area contributed by atoms with Gasteiger partial charge in [-0.25, -0.2) is 5.01 Å². The molecule has 2 aliphatic rings. The summed E-state index contributed by atoms with van der Waals surface area (Å²) in [7, 11) is 0. The molecule has 6 nitrogen and oxygen atoms in total. The molecule has 2 N–H and O–H groups in total. The van der Waals surface area contributed by atoms with Crippen LogP contribution in [0.2, 0.25) is 0 Å². The Kier molecular flexibility index (Phi) is 5.81. The molecule has 0 saturated heterocycles. The SMILES string of the molecule is CCSC1=NN2C(=c3ccccc3=NC2c2cc(C(C)(C)C)c(O)c(C(C)(C)C)c2)C(=O)N1. The molecule has 1 unspecified atom stereocenters. The van der Waals surface area contributed by atoms with E-state index in [0.717, 1.165) is 33.0 Å². The van der Waals surface area contributed by atoms with Crippen LogP contribution in [0, 0.1) is 0 Å². The monoisotopic (exact) mass is 464 g/mol. The second-order valence-electron chi connectivity index (χ2n) is 10.5. The first-order valence-corrected chi connectivity index (χ1v) is 12.3. The molecule has 1 atom stereocenters. The number of benzene rings is 2. The molecule has 2 aromatic carbocycles. The molecule has 0 saturated carbocycles. The number of hydrazone groups is 1. The minimum atomic E-state index is -0.517. The van der Waals surface area contributed by atoms with Gasteiger partial charge in [-0.15, -0.1) is 5.10 Å². The smallest absolute Gasteiger partial charge is 0.276 e. The van der Waals surface area contributed by atoms with Crippen molar-refractivity contribution in [2.24, 2.45) is 10.1 Å². The Morgan fingerprint density at radius 1 is 1.06 bits per heavy atom. The van der Waals surface area contributed by atoms with Gasteiger partial charge in [0.05, 0.1) is 5.36 Å². The summed E-state index contributed by atoms with van der Waals surface area (Å²) in [5.41, 5.74) is 2.56. The molecular formula is C26H32N4O2S. The maximum absolute atomic E-state index is 13.2. The summed E-state index contributed by atoms with van der Waals surface area (Å²) in [5, 5.41) is 22.7. The number of hydrogen-bond acceptors (Lipinski definition) is 6. The summed E-state index contributed by atoms with van der Waals surface area (Å²) in [6.45, 7) is 14.6. The molecule has 0 bridgehead atoms. The number of aromatic hydroxyl groups is 1. The zero-order valence-electron chi connectivity index (χ0n) is 20.4. The first kappa shape index (κ1) is 23.4. The first-order valence-electron chi connectivity index (χ1n) is 11.3. The number of hydrogen-bond donors (Lipinski definition) is 2. The molecule has 33 heavy (non-hydrogen) atoms. The molecule has 174 valence electrons. The van der Waals surface area contributed by atoms with Crippen LogP contribution in [0.1, 0.15) is 71.3 Å². The fourth-order valence-electron chi connectivity index (χ4n) is 4.20. The highest BCUT2D eigenvalue weighted by atomic mass is 32.2.